The monoisotopic (exact) mass is 384 g/mol. The van der Waals surface area contributed by atoms with Crippen LogP contribution >= 0.6 is 0 Å². The molecule has 0 saturated carbocycles. The Bertz CT molecular complexity index is 1400. The summed E-state index contributed by atoms with van der Waals surface area (Å²) in [5.41, 5.74) is 2.43. The van der Waals surface area contributed by atoms with E-state index in [4.69, 9.17) is 9.40 Å². The molecule has 1 aliphatic heterocycles. The fraction of sp³-hybridized carbons (Fsp3) is 0.0435. The lowest BCUT2D eigenvalue weighted by atomic mass is 9.96. The highest BCUT2D eigenvalue weighted by Crippen LogP contribution is 2.46. The van der Waals surface area contributed by atoms with Gasteiger partial charge in [0, 0.05) is 29.8 Å². The lowest BCUT2D eigenvalue weighted by molar-refractivity contribution is 0.435. The average Bonchev–Trinajstić information content (AvgIpc) is 3.02. The molecule has 2 aliphatic rings. The van der Waals surface area contributed by atoms with Gasteiger partial charge in [-0.25, -0.2) is 4.98 Å². The van der Waals surface area contributed by atoms with Crippen molar-refractivity contribution in [3.63, 3.8) is 0 Å². The molecule has 0 fully saturated rings. The lowest BCUT2D eigenvalue weighted by Crippen LogP contribution is -2.00. The van der Waals surface area contributed by atoms with E-state index in [2.05, 4.69) is 0 Å². The van der Waals surface area contributed by atoms with Crippen molar-refractivity contribution >= 4 is 11.0 Å². The summed E-state index contributed by atoms with van der Waals surface area (Å²) in [6.07, 6.45) is 0. The second kappa shape index (κ2) is 6.24. The Labute approximate surface area is 165 Å². The van der Waals surface area contributed by atoms with Crippen LogP contribution in [0.1, 0.15) is 0 Å². The Morgan fingerprint density at radius 1 is 0.966 bits per heavy atom. The average molecular weight is 384 g/mol. The zero-order valence-corrected chi connectivity index (χ0v) is 15.5. The van der Waals surface area contributed by atoms with E-state index in [1.165, 1.54) is 12.1 Å². The van der Waals surface area contributed by atoms with Gasteiger partial charge >= 0.3 is 0 Å². The lowest BCUT2D eigenvalue weighted by Gasteiger charge is -2.14. The SMILES string of the molecule is Cn1c(-c2ccccc2)nc(-c2c3ccc(=O)cc-3oc3cccc(O)c23)c1O. The molecule has 29 heavy (non-hydrogen) atoms. The van der Waals surface area contributed by atoms with E-state index < -0.39 is 0 Å². The van der Waals surface area contributed by atoms with Crippen LogP contribution in [0.25, 0.3) is 44.9 Å². The van der Waals surface area contributed by atoms with Crippen LogP contribution < -0.4 is 5.43 Å². The standard InChI is InChI=1S/C23H16N2O4/c1-25-22(13-6-3-2-4-7-13)24-21(23(25)28)19-15-11-10-14(26)12-18(15)29-17-9-5-8-16(27)20(17)19/h2-12,27-28H,1H3. The summed E-state index contributed by atoms with van der Waals surface area (Å²) in [5, 5.41) is 21.9. The molecule has 142 valence electrons. The molecule has 0 saturated heterocycles. The first-order valence-electron chi connectivity index (χ1n) is 9.04. The number of nitrogens with zero attached hydrogens (tertiary/aromatic N) is 2. The third-order valence-electron chi connectivity index (χ3n) is 5.03. The van der Waals surface area contributed by atoms with E-state index in [0.29, 0.717) is 39.4 Å². The van der Waals surface area contributed by atoms with Crippen LogP contribution in [-0.4, -0.2) is 19.8 Å². The van der Waals surface area contributed by atoms with Gasteiger partial charge in [0.1, 0.15) is 28.6 Å². The molecule has 6 nitrogen and oxygen atoms in total. The Morgan fingerprint density at radius 3 is 2.55 bits per heavy atom. The molecule has 0 atom stereocenters. The second-order valence-corrected chi connectivity index (χ2v) is 6.82. The minimum Gasteiger partial charge on any atom is -0.507 e. The smallest absolute Gasteiger partial charge is 0.219 e. The maximum atomic E-state index is 11.9. The number of phenols is 1. The second-order valence-electron chi connectivity index (χ2n) is 6.82. The molecule has 2 aromatic carbocycles. The summed E-state index contributed by atoms with van der Waals surface area (Å²) in [7, 11) is 1.72. The quantitative estimate of drug-likeness (QED) is 0.441. The third kappa shape index (κ3) is 2.57. The molecular weight excluding hydrogens is 368 g/mol. The summed E-state index contributed by atoms with van der Waals surface area (Å²) in [6, 6.07) is 18.9. The van der Waals surface area contributed by atoms with Crippen LogP contribution in [0.2, 0.25) is 0 Å². The van der Waals surface area contributed by atoms with Crippen LogP contribution in [0.4, 0.5) is 0 Å². The van der Waals surface area contributed by atoms with Gasteiger partial charge in [0.15, 0.2) is 5.43 Å². The van der Waals surface area contributed by atoms with Crippen LogP contribution in [0.5, 0.6) is 11.6 Å². The van der Waals surface area contributed by atoms with Gasteiger partial charge in [-0.2, -0.15) is 0 Å². The summed E-state index contributed by atoms with van der Waals surface area (Å²) in [5.74, 6) is 0.890. The van der Waals surface area contributed by atoms with Crippen molar-refractivity contribution in [3.8, 4) is 45.6 Å². The number of rotatable bonds is 2. The number of benzene rings is 3. The topological polar surface area (TPSA) is 88.5 Å². The molecular formula is C23H16N2O4. The predicted molar refractivity (Wildman–Crippen MR) is 110 cm³/mol. The highest BCUT2D eigenvalue weighted by molar-refractivity contribution is 6.05. The zero-order valence-electron chi connectivity index (χ0n) is 15.5. The number of phenolic OH excluding ortho intramolecular Hbond substituents is 1. The van der Waals surface area contributed by atoms with Crippen molar-refractivity contribution in [2.75, 3.05) is 0 Å². The molecule has 1 aliphatic carbocycles. The van der Waals surface area contributed by atoms with Gasteiger partial charge in [0.2, 0.25) is 5.88 Å². The first-order valence-corrected chi connectivity index (χ1v) is 9.04. The van der Waals surface area contributed by atoms with E-state index in [-0.39, 0.29) is 17.1 Å². The summed E-state index contributed by atoms with van der Waals surface area (Å²) in [6.45, 7) is 0. The van der Waals surface area contributed by atoms with Crippen molar-refractivity contribution in [3.05, 3.63) is 77.0 Å². The summed E-state index contributed by atoms with van der Waals surface area (Å²) < 4.78 is 7.45. The molecule has 3 aromatic rings. The van der Waals surface area contributed by atoms with Crippen molar-refractivity contribution in [1.29, 1.82) is 0 Å². The van der Waals surface area contributed by atoms with Crippen molar-refractivity contribution < 1.29 is 14.6 Å². The molecule has 1 aromatic heterocycles. The Hall–Kier alpha value is -4.06. The number of aromatic hydroxyl groups is 2. The molecule has 0 amide bonds. The van der Waals surface area contributed by atoms with Gasteiger partial charge < -0.3 is 14.6 Å². The fourth-order valence-electron chi connectivity index (χ4n) is 3.65. The predicted octanol–water partition coefficient (Wildman–Crippen LogP) is 4.38. The van der Waals surface area contributed by atoms with Gasteiger partial charge in [-0.05, 0) is 24.3 Å². The highest BCUT2D eigenvalue weighted by atomic mass is 16.3. The van der Waals surface area contributed by atoms with Gasteiger partial charge in [-0.1, -0.05) is 36.4 Å². The van der Waals surface area contributed by atoms with Crippen LogP contribution in [0.15, 0.2) is 75.9 Å². The van der Waals surface area contributed by atoms with Crippen LogP contribution in [0, 0.1) is 0 Å². The minimum atomic E-state index is -0.193. The largest absolute Gasteiger partial charge is 0.507 e. The number of hydrogen-bond donors (Lipinski definition) is 2. The fourth-order valence-corrected chi connectivity index (χ4v) is 3.65. The van der Waals surface area contributed by atoms with Crippen molar-refractivity contribution in [2.24, 2.45) is 7.05 Å². The maximum Gasteiger partial charge on any atom is 0.219 e. The first-order chi connectivity index (χ1) is 14.0. The Kier molecular flexibility index (Phi) is 3.67. The maximum absolute atomic E-state index is 11.9. The molecule has 0 unspecified atom stereocenters. The highest BCUT2D eigenvalue weighted by Gasteiger charge is 2.25. The van der Waals surface area contributed by atoms with Gasteiger partial charge in [0.25, 0.3) is 0 Å². The number of imidazole rings is 1. The van der Waals surface area contributed by atoms with E-state index in [0.717, 1.165) is 5.56 Å². The van der Waals surface area contributed by atoms with Gasteiger partial charge in [-0.3, -0.25) is 9.36 Å². The summed E-state index contributed by atoms with van der Waals surface area (Å²) >= 11 is 0. The number of fused-ring (bicyclic) bond motifs is 2. The molecule has 2 heterocycles. The zero-order chi connectivity index (χ0) is 20.1. The molecule has 0 bridgehead atoms. The van der Waals surface area contributed by atoms with Gasteiger partial charge in [-0.15, -0.1) is 0 Å². The molecule has 0 spiro atoms. The van der Waals surface area contributed by atoms with Crippen LogP contribution in [-0.2, 0) is 7.05 Å². The molecule has 2 N–H and O–H groups in total. The molecule has 0 radical (unpaired) electrons. The molecule has 6 heteroatoms. The van der Waals surface area contributed by atoms with Crippen LogP contribution in [0.3, 0.4) is 0 Å². The Morgan fingerprint density at radius 2 is 1.76 bits per heavy atom. The van der Waals surface area contributed by atoms with E-state index in [1.54, 1.807) is 35.9 Å². The Balaban J connectivity index is 1.92. The summed E-state index contributed by atoms with van der Waals surface area (Å²) in [4.78, 5) is 16.6. The van der Waals surface area contributed by atoms with E-state index in [1.807, 2.05) is 30.3 Å². The van der Waals surface area contributed by atoms with E-state index >= 15 is 0 Å². The number of hydrogen-bond acceptors (Lipinski definition) is 5. The third-order valence-corrected chi connectivity index (χ3v) is 5.03. The minimum absolute atomic E-state index is 0.000615. The van der Waals surface area contributed by atoms with Crippen molar-refractivity contribution in [2.45, 2.75) is 0 Å². The molecule has 5 rings (SSSR count). The van der Waals surface area contributed by atoms with E-state index in [9.17, 15) is 15.0 Å². The number of aromatic nitrogens is 2. The van der Waals surface area contributed by atoms with Gasteiger partial charge in [0.05, 0.1) is 5.39 Å². The first kappa shape index (κ1) is 17.1. The normalized spacial score (nSPS) is 11.3. The van der Waals surface area contributed by atoms with Crippen molar-refractivity contribution in [1.82, 2.24) is 9.55 Å².